The van der Waals surface area contributed by atoms with Crippen LogP contribution in [0.3, 0.4) is 0 Å². The van der Waals surface area contributed by atoms with Gasteiger partial charge in [0.1, 0.15) is 6.10 Å². The van der Waals surface area contributed by atoms with Crippen molar-refractivity contribution in [2.24, 2.45) is 16.7 Å². The fourth-order valence-corrected chi connectivity index (χ4v) is 3.77. The van der Waals surface area contributed by atoms with E-state index in [0.717, 1.165) is 6.92 Å². The van der Waals surface area contributed by atoms with Gasteiger partial charge in [-0.25, -0.2) is 0 Å². The van der Waals surface area contributed by atoms with Gasteiger partial charge < -0.3 is 9.47 Å². The number of hydrogen-bond donors (Lipinski definition) is 0. The van der Waals surface area contributed by atoms with E-state index in [0.29, 0.717) is 5.56 Å². The molecule has 2 aliphatic rings. The Morgan fingerprint density at radius 1 is 1.30 bits per heavy atom. The fraction of sp³-hybridized carbons (Fsp3) is 0.500. The van der Waals surface area contributed by atoms with Crippen LogP contribution in [0.15, 0.2) is 30.3 Å². The number of hydrogen-bond acceptors (Lipinski definition) is 4. The zero-order chi connectivity index (χ0) is 17.0. The lowest BCUT2D eigenvalue weighted by Crippen LogP contribution is -2.40. The largest absolute Gasteiger partial charge is 0.465 e. The SMILES string of the molecule is CCOC(=O)[C@]12C(=O)O[C@H](c3ccccc3)[C@H]1[C@]2(C)C(F)(F)F. The number of fused-ring (bicyclic) bond motifs is 1. The maximum atomic E-state index is 13.6. The van der Waals surface area contributed by atoms with E-state index < -0.39 is 41.0 Å². The first-order chi connectivity index (χ1) is 10.7. The third-order valence-corrected chi connectivity index (χ3v) is 5.00. The summed E-state index contributed by atoms with van der Waals surface area (Å²) in [5.41, 5.74) is -4.35. The van der Waals surface area contributed by atoms with Crippen LogP contribution in [0.1, 0.15) is 25.5 Å². The van der Waals surface area contributed by atoms with Crippen molar-refractivity contribution in [2.75, 3.05) is 6.61 Å². The molecule has 4 atom stereocenters. The Bertz CT molecular complexity index is 657. The van der Waals surface area contributed by atoms with Crippen LogP contribution in [-0.2, 0) is 19.1 Å². The molecule has 3 rings (SSSR count). The Labute approximate surface area is 130 Å². The summed E-state index contributed by atoms with van der Waals surface area (Å²) in [6.45, 7) is 2.27. The highest BCUT2D eigenvalue weighted by Gasteiger charge is 2.97. The molecule has 1 aromatic rings. The molecule has 1 aliphatic heterocycles. The second kappa shape index (κ2) is 4.72. The molecule has 1 heterocycles. The van der Waals surface area contributed by atoms with E-state index >= 15 is 0 Å². The van der Waals surface area contributed by atoms with Gasteiger partial charge in [-0.1, -0.05) is 30.3 Å². The topological polar surface area (TPSA) is 52.6 Å². The molecule has 1 saturated heterocycles. The molecule has 1 saturated carbocycles. The molecule has 1 aliphatic carbocycles. The molecule has 4 nitrogen and oxygen atoms in total. The van der Waals surface area contributed by atoms with Gasteiger partial charge in [-0.2, -0.15) is 13.2 Å². The second-order valence-corrected chi connectivity index (χ2v) is 5.94. The van der Waals surface area contributed by atoms with Crippen LogP contribution in [0.5, 0.6) is 0 Å². The Hall–Kier alpha value is -2.05. The molecular formula is C16H15F3O4. The number of rotatable bonds is 3. The number of halogens is 3. The lowest BCUT2D eigenvalue weighted by atomic mass is 9.93. The summed E-state index contributed by atoms with van der Waals surface area (Å²) in [6, 6.07) is 8.14. The Morgan fingerprint density at radius 2 is 1.91 bits per heavy atom. The Balaban J connectivity index is 2.10. The van der Waals surface area contributed by atoms with Gasteiger partial charge in [0.15, 0.2) is 5.41 Å². The van der Waals surface area contributed by atoms with Crippen molar-refractivity contribution in [3.8, 4) is 0 Å². The highest BCUT2D eigenvalue weighted by molar-refractivity contribution is 6.08. The first-order valence-electron chi connectivity index (χ1n) is 7.22. The molecule has 0 radical (unpaired) electrons. The summed E-state index contributed by atoms with van der Waals surface area (Å²) in [5.74, 6) is -3.63. The minimum absolute atomic E-state index is 0.107. The van der Waals surface area contributed by atoms with E-state index in [1.165, 1.54) is 6.92 Å². The van der Waals surface area contributed by atoms with Crippen molar-refractivity contribution in [3.63, 3.8) is 0 Å². The Morgan fingerprint density at radius 3 is 2.43 bits per heavy atom. The summed E-state index contributed by atoms with van der Waals surface area (Å²) in [4.78, 5) is 24.5. The normalized spacial score (nSPS) is 35.4. The Kier molecular flexibility index (Phi) is 3.25. The molecule has 7 heteroatoms. The summed E-state index contributed by atoms with van der Waals surface area (Å²) in [5, 5.41) is 0. The van der Waals surface area contributed by atoms with Crippen molar-refractivity contribution in [2.45, 2.75) is 26.1 Å². The van der Waals surface area contributed by atoms with Crippen LogP contribution in [0.4, 0.5) is 13.2 Å². The van der Waals surface area contributed by atoms with E-state index in [-0.39, 0.29) is 6.61 Å². The van der Waals surface area contributed by atoms with Crippen LogP contribution in [0.25, 0.3) is 0 Å². The van der Waals surface area contributed by atoms with Crippen molar-refractivity contribution >= 4 is 11.9 Å². The summed E-state index contributed by atoms with van der Waals surface area (Å²) < 4.78 is 50.8. The predicted molar refractivity (Wildman–Crippen MR) is 72.0 cm³/mol. The molecule has 1 aromatic carbocycles. The molecule has 0 aromatic heterocycles. The smallest absolute Gasteiger partial charge is 0.396 e. The summed E-state index contributed by atoms with van der Waals surface area (Å²) in [7, 11) is 0. The van der Waals surface area contributed by atoms with Crippen LogP contribution in [0.2, 0.25) is 0 Å². The number of esters is 2. The average Bonchev–Trinajstić information content (AvgIpc) is 2.93. The third kappa shape index (κ3) is 1.73. The van der Waals surface area contributed by atoms with E-state index in [9.17, 15) is 22.8 Å². The molecule has 124 valence electrons. The van der Waals surface area contributed by atoms with Crippen molar-refractivity contribution in [1.82, 2.24) is 0 Å². The number of carbonyl (C=O) groups is 2. The van der Waals surface area contributed by atoms with Crippen LogP contribution < -0.4 is 0 Å². The van der Waals surface area contributed by atoms with Gasteiger partial charge in [0.05, 0.1) is 12.0 Å². The minimum Gasteiger partial charge on any atom is -0.465 e. The molecule has 0 bridgehead atoms. The monoisotopic (exact) mass is 328 g/mol. The highest BCUT2D eigenvalue weighted by atomic mass is 19.4. The molecule has 0 amide bonds. The second-order valence-electron chi connectivity index (χ2n) is 5.94. The minimum atomic E-state index is -4.73. The number of carbonyl (C=O) groups excluding carboxylic acids is 2. The maximum absolute atomic E-state index is 13.6. The van der Waals surface area contributed by atoms with Crippen molar-refractivity contribution in [3.05, 3.63) is 35.9 Å². The summed E-state index contributed by atoms with van der Waals surface area (Å²) >= 11 is 0. The third-order valence-electron chi connectivity index (χ3n) is 5.00. The first kappa shape index (κ1) is 15.8. The number of cyclic esters (lactones) is 1. The standard InChI is InChI=1S/C16H15F3O4/c1-3-22-12(20)15-11(14(15,2)16(17,18)19)10(23-13(15)21)9-7-5-4-6-8-9/h4-8,10-11H,3H2,1-2H3/t10-,11+,14+,15+/m1/s1. The van der Waals surface area contributed by atoms with Gasteiger partial charge in [0.2, 0.25) is 0 Å². The van der Waals surface area contributed by atoms with Crippen LogP contribution in [0, 0.1) is 16.7 Å². The molecule has 0 unspecified atom stereocenters. The lowest BCUT2D eigenvalue weighted by molar-refractivity contribution is -0.215. The highest BCUT2D eigenvalue weighted by Crippen LogP contribution is 2.82. The zero-order valence-electron chi connectivity index (χ0n) is 12.5. The van der Waals surface area contributed by atoms with Gasteiger partial charge >= 0.3 is 18.1 Å². The van der Waals surface area contributed by atoms with Gasteiger partial charge in [0.25, 0.3) is 0 Å². The number of ether oxygens (including phenoxy) is 2. The van der Waals surface area contributed by atoms with Crippen LogP contribution >= 0.6 is 0 Å². The molecular weight excluding hydrogens is 313 g/mol. The van der Waals surface area contributed by atoms with Gasteiger partial charge in [-0.15, -0.1) is 0 Å². The van der Waals surface area contributed by atoms with Gasteiger partial charge in [0, 0.05) is 5.92 Å². The van der Waals surface area contributed by atoms with E-state index in [1.54, 1.807) is 30.3 Å². The van der Waals surface area contributed by atoms with Gasteiger partial charge in [-0.05, 0) is 19.4 Å². The average molecular weight is 328 g/mol. The predicted octanol–water partition coefficient (Wildman–Crippen LogP) is 3.03. The molecule has 2 fully saturated rings. The number of alkyl halides is 3. The molecule has 0 spiro atoms. The van der Waals surface area contributed by atoms with Crippen molar-refractivity contribution in [1.29, 1.82) is 0 Å². The van der Waals surface area contributed by atoms with E-state index in [1.807, 2.05) is 0 Å². The summed E-state index contributed by atoms with van der Waals surface area (Å²) in [6.07, 6.45) is -5.84. The van der Waals surface area contributed by atoms with E-state index in [2.05, 4.69) is 0 Å². The zero-order valence-corrected chi connectivity index (χ0v) is 12.5. The maximum Gasteiger partial charge on any atom is 0.396 e. The first-order valence-corrected chi connectivity index (χ1v) is 7.22. The van der Waals surface area contributed by atoms with Crippen LogP contribution in [-0.4, -0.2) is 24.7 Å². The fourth-order valence-electron chi connectivity index (χ4n) is 3.77. The lowest BCUT2D eigenvalue weighted by Gasteiger charge is -2.25. The van der Waals surface area contributed by atoms with Crippen molar-refractivity contribution < 1.29 is 32.2 Å². The van der Waals surface area contributed by atoms with Gasteiger partial charge in [-0.3, -0.25) is 9.59 Å². The molecule has 23 heavy (non-hydrogen) atoms. The van der Waals surface area contributed by atoms with E-state index in [4.69, 9.17) is 9.47 Å². The molecule has 0 N–H and O–H groups in total. The quantitative estimate of drug-likeness (QED) is 0.632. The number of benzene rings is 1.